The molecule has 0 aromatic heterocycles. The summed E-state index contributed by atoms with van der Waals surface area (Å²) in [6.07, 6.45) is -5.03. The van der Waals surface area contributed by atoms with Gasteiger partial charge in [0.05, 0.1) is 11.7 Å². The van der Waals surface area contributed by atoms with Gasteiger partial charge in [0.25, 0.3) is 0 Å². The molecule has 0 aliphatic carbocycles. The minimum Gasteiger partial charge on any atom is -0.388 e. The summed E-state index contributed by atoms with van der Waals surface area (Å²) < 4.78 is 36.7. The molecule has 1 atom stereocenters. The maximum absolute atomic E-state index is 12.2. The molecule has 0 saturated carbocycles. The summed E-state index contributed by atoms with van der Waals surface area (Å²) >= 11 is 0. The first-order chi connectivity index (χ1) is 6.82. The van der Waals surface area contributed by atoms with E-state index >= 15 is 0 Å². The van der Waals surface area contributed by atoms with Crippen molar-refractivity contribution in [1.29, 1.82) is 0 Å². The summed E-state index contributed by atoms with van der Waals surface area (Å²) in [6, 6.07) is 4.60. The second-order valence-electron chi connectivity index (χ2n) is 3.81. The Morgan fingerprint density at radius 3 is 1.87 bits per heavy atom. The molecule has 1 aromatic carbocycles. The van der Waals surface area contributed by atoms with Gasteiger partial charge in [-0.15, -0.1) is 0 Å². The van der Waals surface area contributed by atoms with E-state index in [0.29, 0.717) is 5.56 Å². The molecule has 0 bridgehead atoms. The van der Waals surface area contributed by atoms with Crippen molar-refractivity contribution in [3.8, 4) is 0 Å². The third-order valence-electron chi connectivity index (χ3n) is 2.21. The van der Waals surface area contributed by atoms with Gasteiger partial charge in [0.2, 0.25) is 0 Å². The summed E-state index contributed by atoms with van der Waals surface area (Å²) in [7, 11) is 0. The topological polar surface area (TPSA) is 20.2 Å². The molecule has 84 valence electrons. The van der Waals surface area contributed by atoms with Gasteiger partial charge in [-0.1, -0.05) is 26.0 Å². The van der Waals surface area contributed by atoms with Crippen LogP contribution in [0.1, 0.15) is 31.1 Å². The molecule has 0 heterocycles. The zero-order valence-corrected chi connectivity index (χ0v) is 8.55. The molecule has 4 heteroatoms. The van der Waals surface area contributed by atoms with Gasteiger partial charge in [-0.25, -0.2) is 0 Å². The van der Waals surface area contributed by atoms with Crippen LogP contribution in [0.5, 0.6) is 0 Å². The molecule has 0 aliphatic heterocycles. The number of rotatable bonds is 2. The zero-order valence-electron chi connectivity index (χ0n) is 8.55. The molecular weight excluding hydrogens is 205 g/mol. The van der Waals surface area contributed by atoms with Crippen molar-refractivity contribution in [3.63, 3.8) is 0 Å². The highest BCUT2D eigenvalue weighted by atomic mass is 19.4. The second kappa shape index (κ2) is 4.23. The van der Waals surface area contributed by atoms with Gasteiger partial charge in [0, 0.05) is 0 Å². The third-order valence-corrected chi connectivity index (χ3v) is 2.21. The smallest absolute Gasteiger partial charge is 0.388 e. The lowest BCUT2D eigenvalue weighted by Crippen LogP contribution is -2.08. The van der Waals surface area contributed by atoms with E-state index in [1.54, 1.807) is 0 Å². The Morgan fingerprint density at radius 2 is 1.53 bits per heavy atom. The predicted octanol–water partition coefficient (Wildman–Crippen LogP) is 3.39. The molecule has 0 unspecified atom stereocenters. The SMILES string of the molecule is CC(C)[C@@H](O)c1ccc(C(F)(F)F)cc1. The molecule has 1 rings (SSSR count). The van der Waals surface area contributed by atoms with Crippen molar-refractivity contribution in [2.45, 2.75) is 26.1 Å². The fourth-order valence-electron chi connectivity index (χ4n) is 1.25. The minimum atomic E-state index is -4.32. The lowest BCUT2D eigenvalue weighted by Gasteiger charge is -2.15. The number of aliphatic hydroxyl groups excluding tert-OH is 1. The van der Waals surface area contributed by atoms with Crippen LogP contribution in [-0.2, 0) is 6.18 Å². The average Bonchev–Trinajstić information content (AvgIpc) is 2.15. The Kier molecular flexibility index (Phi) is 3.39. The number of hydrogen-bond donors (Lipinski definition) is 1. The Hall–Kier alpha value is -1.03. The Morgan fingerprint density at radius 1 is 1.07 bits per heavy atom. The van der Waals surface area contributed by atoms with Crippen LogP contribution in [0.3, 0.4) is 0 Å². The van der Waals surface area contributed by atoms with Crippen LogP contribution < -0.4 is 0 Å². The fraction of sp³-hybridized carbons (Fsp3) is 0.455. The zero-order chi connectivity index (χ0) is 11.6. The van der Waals surface area contributed by atoms with Crippen LogP contribution in [0, 0.1) is 5.92 Å². The average molecular weight is 218 g/mol. The standard InChI is InChI=1S/C11H13F3O/c1-7(2)10(15)8-3-5-9(6-4-8)11(12,13)14/h3-7,10,15H,1-2H3/t10-/m1/s1. The molecule has 0 spiro atoms. The van der Waals surface area contributed by atoms with Crippen LogP contribution in [0.15, 0.2) is 24.3 Å². The van der Waals surface area contributed by atoms with Crippen LogP contribution in [0.4, 0.5) is 13.2 Å². The Balaban J connectivity index is 2.91. The predicted molar refractivity (Wildman–Crippen MR) is 51.2 cm³/mol. The largest absolute Gasteiger partial charge is 0.416 e. The normalized spacial score (nSPS) is 14.3. The molecule has 15 heavy (non-hydrogen) atoms. The van der Waals surface area contributed by atoms with Crippen LogP contribution >= 0.6 is 0 Å². The lowest BCUT2D eigenvalue weighted by molar-refractivity contribution is -0.137. The number of aliphatic hydroxyl groups is 1. The summed E-state index contributed by atoms with van der Waals surface area (Å²) in [5, 5.41) is 9.61. The highest BCUT2D eigenvalue weighted by Crippen LogP contribution is 2.30. The van der Waals surface area contributed by atoms with Crippen molar-refractivity contribution in [3.05, 3.63) is 35.4 Å². The van der Waals surface area contributed by atoms with Crippen LogP contribution in [0.25, 0.3) is 0 Å². The Bertz CT molecular complexity index is 314. The van der Waals surface area contributed by atoms with Gasteiger partial charge in [-0.05, 0) is 23.6 Å². The van der Waals surface area contributed by atoms with Crippen LogP contribution in [-0.4, -0.2) is 5.11 Å². The lowest BCUT2D eigenvalue weighted by atomic mass is 9.98. The number of hydrogen-bond acceptors (Lipinski definition) is 1. The maximum Gasteiger partial charge on any atom is 0.416 e. The number of alkyl halides is 3. The van der Waals surface area contributed by atoms with Crippen molar-refractivity contribution in [1.82, 2.24) is 0 Å². The third kappa shape index (κ3) is 2.96. The molecule has 1 N–H and O–H groups in total. The molecule has 0 amide bonds. The highest BCUT2D eigenvalue weighted by Gasteiger charge is 2.30. The van der Waals surface area contributed by atoms with Crippen molar-refractivity contribution >= 4 is 0 Å². The summed E-state index contributed by atoms with van der Waals surface area (Å²) in [5.74, 6) is -0.0123. The quantitative estimate of drug-likeness (QED) is 0.806. The van der Waals surface area contributed by atoms with Crippen molar-refractivity contribution in [2.24, 2.45) is 5.92 Å². The highest BCUT2D eigenvalue weighted by molar-refractivity contribution is 5.26. The van der Waals surface area contributed by atoms with Crippen molar-refractivity contribution < 1.29 is 18.3 Å². The number of halogens is 3. The monoisotopic (exact) mass is 218 g/mol. The van der Waals surface area contributed by atoms with E-state index in [0.717, 1.165) is 12.1 Å². The van der Waals surface area contributed by atoms with Gasteiger partial charge in [0.15, 0.2) is 0 Å². The summed E-state index contributed by atoms with van der Waals surface area (Å²) in [5.41, 5.74) is -0.180. The number of benzene rings is 1. The molecule has 0 aliphatic rings. The van der Waals surface area contributed by atoms with Gasteiger partial charge < -0.3 is 5.11 Å². The second-order valence-corrected chi connectivity index (χ2v) is 3.81. The first kappa shape index (κ1) is 12.0. The van der Waals surface area contributed by atoms with E-state index in [2.05, 4.69) is 0 Å². The first-order valence-electron chi connectivity index (χ1n) is 4.67. The molecule has 0 fully saturated rings. The van der Waals surface area contributed by atoms with E-state index in [1.807, 2.05) is 13.8 Å². The van der Waals surface area contributed by atoms with Gasteiger partial charge in [-0.2, -0.15) is 13.2 Å². The maximum atomic E-state index is 12.2. The van der Waals surface area contributed by atoms with E-state index in [9.17, 15) is 18.3 Å². The van der Waals surface area contributed by atoms with Gasteiger partial charge in [-0.3, -0.25) is 0 Å². The summed E-state index contributed by atoms with van der Waals surface area (Å²) in [4.78, 5) is 0. The summed E-state index contributed by atoms with van der Waals surface area (Å²) in [6.45, 7) is 3.62. The first-order valence-corrected chi connectivity index (χ1v) is 4.67. The molecular formula is C11H13F3O. The molecule has 0 saturated heterocycles. The van der Waals surface area contributed by atoms with Gasteiger partial charge in [0.1, 0.15) is 0 Å². The fourth-order valence-corrected chi connectivity index (χ4v) is 1.25. The molecule has 1 aromatic rings. The van der Waals surface area contributed by atoms with E-state index in [4.69, 9.17) is 0 Å². The Labute approximate surface area is 86.5 Å². The van der Waals surface area contributed by atoms with E-state index < -0.39 is 17.8 Å². The minimum absolute atomic E-state index is 0.0123. The van der Waals surface area contributed by atoms with E-state index in [-0.39, 0.29) is 5.92 Å². The van der Waals surface area contributed by atoms with Crippen molar-refractivity contribution in [2.75, 3.05) is 0 Å². The van der Waals surface area contributed by atoms with E-state index in [1.165, 1.54) is 12.1 Å². The molecule has 1 nitrogen and oxygen atoms in total. The van der Waals surface area contributed by atoms with Gasteiger partial charge >= 0.3 is 6.18 Å². The molecule has 0 radical (unpaired) electrons. The van der Waals surface area contributed by atoms with Crippen LogP contribution in [0.2, 0.25) is 0 Å².